The van der Waals surface area contributed by atoms with Crippen LogP contribution in [0.25, 0.3) is 10.9 Å². The number of piperidine rings is 1. The zero-order chi connectivity index (χ0) is 27.2. The van der Waals surface area contributed by atoms with Crippen molar-refractivity contribution in [3.05, 3.63) is 69.8 Å². The minimum atomic E-state index is -1.13. The molecule has 0 saturated carbocycles. The van der Waals surface area contributed by atoms with E-state index in [0.29, 0.717) is 26.1 Å². The fraction of sp³-hybridized carbons (Fsp3) is 0.414. The van der Waals surface area contributed by atoms with Crippen molar-refractivity contribution in [3.8, 4) is 0 Å². The van der Waals surface area contributed by atoms with E-state index in [0.717, 1.165) is 34.8 Å². The second-order valence-corrected chi connectivity index (χ2v) is 10.9. The normalized spacial score (nSPS) is 16.3. The van der Waals surface area contributed by atoms with Gasteiger partial charge in [0.05, 0.1) is 0 Å². The van der Waals surface area contributed by atoms with Crippen LogP contribution in [0.15, 0.2) is 53.0 Å². The first-order valence-electron chi connectivity index (χ1n) is 13.0. The summed E-state index contributed by atoms with van der Waals surface area (Å²) in [5.74, 6) is 0.0767. The standard InChI is InChI=1S/C29H35BrN4O4/c1-19(35)31-14-13-25-24-7-3-4-8-26(24)33(2)28(25)21-6-5-15-34(18-21)27(36)17-23(32-29(37)38)16-20-9-11-22(30)12-10-20/h3-4,7-12,21,23,32H,5-6,13-18H2,1-2H3,(H,31,35)(H,37,38)/t21?,23-/m1/s1. The highest BCUT2D eigenvalue weighted by molar-refractivity contribution is 9.10. The van der Waals surface area contributed by atoms with Gasteiger partial charge in [0.25, 0.3) is 0 Å². The lowest BCUT2D eigenvalue weighted by atomic mass is 9.90. The van der Waals surface area contributed by atoms with Crippen molar-refractivity contribution >= 4 is 44.7 Å². The van der Waals surface area contributed by atoms with Gasteiger partial charge in [0, 0.05) is 73.1 Å². The fourth-order valence-electron chi connectivity index (χ4n) is 5.66. The monoisotopic (exact) mass is 582 g/mol. The Morgan fingerprint density at radius 3 is 2.58 bits per heavy atom. The number of nitrogens with zero attached hydrogens (tertiary/aromatic N) is 2. The number of benzene rings is 2. The summed E-state index contributed by atoms with van der Waals surface area (Å²) >= 11 is 3.42. The topological polar surface area (TPSA) is 104 Å². The molecule has 0 aliphatic carbocycles. The Balaban J connectivity index is 1.52. The number of carbonyl (C=O) groups is 3. The van der Waals surface area contributed by atoms with Crippen molar-refractivity contribution < 1.29 is 19.5 Å². The largest absolute Gasteiger partial charge is 0.465 e. The van der Waals surface area contributed by atoms with Gasteiger partial charge in [0.15, 0.2) is 0 Å². The number of para-hydroxylation sites is 1. The van der Waals surface area contributed by atoms with Crippen LogP contribution in [0.5, 0.6) is 0 Å². The molecular weight excluding hydrogens is 548 g/mol. The van der Waals surface area contributed by atoms with Crippen LogP contribution in [0.2, 0.25) is 0 Å². The van der Waals surface area contributed by atoms with Crippen LogP contribution in [0.1, 0.15) is 48.9 Å². The first-order valence-corrected chi connectivity index (χ1v) is 13.8. The highest BCUT2D eigenvalue weighted by atomic mass is 79.9. The van der Waals surface area contributed by atoms with Gasteiger partial charge >= 0.3 is 6.09 Å². The van der Waals surface area contributed by atoms with Gasteiger partial charge < -0.3 is 25.2 Å². The number of halogens is 1. The molecule has 2 aromatic carbocycles. The molecular formula is C29H35BrN4O4. The summed E-state index contributed by atoms with van der Waals surface area (Å²) in [6.07, 6.45) is 2.00. The van der Waals surface area contributed by atoms with E-state index >= 15 is 0 Å². The second-order valence-electron chi connectivity index (χ2n) is 10.0. The lowest BCUT2D eigenvalue weighted by Crippen LogP contribution is -2.44. The van der Waals surface area contributed by atoms with E-state index in [1.54, 1.807) is 0 Å². The minimum Gasteiger partial charge on any atom is -0.465 e. The smallest absolute Gasteiger partial charge is 0.404 e. The molecule has 3 N–H and O–H groups in total. The van der Waals surface area contributed by atoms with E-state index in [1.807, 2.05) is 41.3 Å². The predicted molar refractivity (Wildman–Crippen MR) is 151 cm³/mol. The van der Waals surface area contributed by atoms with Crippen LogP contribution in [0.3, 0.4) is 0 Å². The Bertz CT molecular complexity index is 1300. The van der Waals surface area contributed by atoms with Gasteiger partial charge in [-0.05, 0) is 55.0 Å². The van der Waals surface area contributed by atoms with Crippen LogP contribution in [-0.2, 0) is 29.5 Å². The van der Waals surface area contributed by atoms with Gasteiger partial charge in [-0.25, -0.2) is 4.79 Å². The quantitative estimate of drug-likeness (QED) is 0.343. The molecule has 3 amide bonds. The molecule has 0 bridgehead atoms. The molecule has 1 aromatic heterocycles. The molecule has 4 rings (SSSR count). The number of amides is 3. The summed E-state index contributed by atoms with van der Waals surface area (Å²) < 4.78 is 3.18. The van der Waals surface area contributed by atoms with Crippen molar-refractivity contribution in [2.75, 3.05) is 19.6 Å². The minimum absolute atomic E-state index is 0.0378. The van der Waals surface area contributed by atoms with Gasteiger partial charge in [0.2, 0.25) is 11.8 Å². The maximum Gasteiger partial charge on any atom is 0.404 e. The fourth-order valence-corrected chi connectivity index (χ4v) is 5.92. The number of aryl methyl sites for hydroxylation is 1. The molecule has 2 atom stereocenters. The molecule has 8 nitrogen and oxygen atoms in total. The van der Waals surface area contributed by atoms with E-state index in [9.17, 15) is 19.5 Å². The highest BCUT2D eigenvalue weighted by Gasteiger charge is 2.30. The lowest BCUT2D eigenvalue weighted by molar-refractivity contribution is -0.133. The van der Waals surface area contributed by atoms with Crippen molar-refractivity contribution in [2.45, 2.75) is 51.0 Å². The molecule has 1 unspecified atom stereocenters. The summed E-state index contributed by atoms with van der Waals surface area (Å²) in [4.78, 5) is 38.3. The average molecular weight is 584 g/mol. The molecule has 202 valence electrons. The molecule has 38 heavy (non-hydrogen) atoms. The van der Waals surface area contributed by atoms with Crippen LogP contribution < -0.4 is 10.6 Å². The van der Waals surface area contributed by atoms with E-state index < -0.39 is 12.1 Å². The number of fused-ring (bicyclic) bond motifs is 1. The Morgan fingerprint density at radius 1 is 1.13 bits per heavy atom. The van der Waals surface area contributed by atoms with Gasteiger partial charge in [0.1, 0.15) is 0 Å². The average Bonchev–Trinajstić information content (AvgIpc) is 3.16. The summed E-state index contributed by atoms with van der Waals surface area (Å²) in [5, 5.41) is 16.0. The molecule has 1 aliphatic rings. The van der Waals surface area contributed by atoms with Gasteiger partial charge in [-0.15, -0.1) is 0 Å². The first-order chi connectivity index (χ1) is 18.2. The van der Waals surface area contributed by atoms with E-state index in [1.165, 1.54) is 23.6 Å². The Labute approximate surface area is 231 Å². The number of carbonyl (C=O) groups excluding carboxylic acids is 2. The van der Waals surface area contributed by atoms with E-state index in [4.69, 9.17) is 0 Å². The van der Waals surface area contributed by atoms with Crippen LogP contribution >= 0.6 is 15.9 Å². The molecule has 3 aromatic rings. The molecule has 9 heteroatoms. The van der Waals surface area contributed by atoms with Gasteiger partial charge in [-0.2, -0.15) is 0 Å². The number of likely N-dealkylation sites (tertiary alicyclic amines) is 1. The maximum atomic E-state index is 13.4. The van der Waals surface area contributed by atoms with Crippen LogP contribution in [-0.4, -0.2) is 58.2 Å². The van der Waals surface area contributed by atoms with Crippen LogP contribution in [0, 0.1) is 0 Å². The van der Waals surface area contributed by atoms with Crippen molar-refractivity contribution in [3.63, 3.8) is 0 Å². The lowest BCUT2D eigenvalue weighted by Gasteiger charge is -2.34. The summed E-state index contributed by atoms with van der Waals surface area (Å²) in [5.41, 5.74) is 4.54. The Morgan fingerprint density at radius 2 is 1.87 bits per heavy atom. The van der Waals surface area contributed by atoms with Crippen LogP contribution in [0.4, 0.5) is 4.79 Å². The SMILES string of the molecule is CC(=O)NCCc1c(C2CCCN(C(=O)C[C@@H](Cc3ccc(Br)cc3)NC(=O)O)C2)n(C)c2ccccc12. The molecule has 1 aliphatic heterocycles. The number of hydrogen-bond acceptors (Lipinski definition) is 3. The third kappa shape index (κ3) is 6.75. The molecule has 0 spiro atoms. The van der Waals surface area contributed by atoms with Crippen molar-refractivity contribution in [2.24, 2.45) is 7.05 Å². The summed E-state index contributed by atoms with van der Waals surface area (Å²) in [6.45, 7) is 3.34. The predicted octanol–water partition coefficient (Wildman–Crippen LogP) is 4.59. The first kappa shape index (κ1) is 27.7. The van der Waals surface area contributed by atoms with Gasteiger partial charge in [-0.3, -0.25) is 9.59 Å². The molecule has 0 radical (unpaired) electrons. The number of nitrogens with one attached hydrogen (secondary N) is 2. The zero-order valence-electron chi connectivity index (χ0n) is 21.9. The molecule has 1 fully saturated rings. The van der Waals surface area contributed by atoms with Gasteiger partial charge in [-0.1, -0.05) is 46.3 Å². The number of carboxylic acid groups (broad SMARTS) is 1. The van der Waals surface area contributed by atoms with E-state index in [2.05, 4.69) is 50.3 Å². The van der Waals surface area contributed by atoms with Crippen molar-refractivity contribution in [1.82, 2.24) is 20.1 Å². The molecule has 2 heterocycles. The third-order valence-corrected chi connectivity index (χ3v) is 7.84. The number of aromatic nitrogens is 1. The summed E-state index contributed by atoms with van der Waals surface area (Å²) in [7, 11) is 2.07. The zero-order valence-corrected chi connectivity index (χ0v) is 23.5. The number of rotatable bonds is 9. The second kappa shape index (κ2) is 12.5. The summed E-state index contributed by atoms with van der Waals surface area (Å²) in [6, 6.07) is 15.5. The highest BCUT2D eigenvalue weighted by Crippen LogP contribution is 2.35. The Kier molecular flexibility index (Phi) is 9.09. The Hall–Kier alpha value is -3.33. The maximum absolute atomic E-state index is 13.4. The van der Waals surface area contributed by atoms with Crippen molar-refractivity contribution in [1.29, 1.82) is 0 Å². The number of hydrogen-bond donors (Lipinski definition) is 3. The molecule has 1 saturated heterocycles. The third-order valence-electron chi connectivity index (χ3n) is 7.31. The van der Waals surface area contributed by atoms with E-state index in [-0.39, 0.29) is 24.2 Å².